The average Bonchev–Trinajstić information content (AvgIpc) is 3.61. The van der Waals surface area contributed by atoms with Gasteiger partial charge in [-0.05, 0) is 96.4 Å². The summed E-state index contributed by atoms with van der Waals surface area (Å²) in [6.07, 6.45) is 11.0. The van der Waals surface area contributed by atoms with Gasteiger partial charge in [0.05, 0.1) is 22.8 Å². The fourth-order valence-corrected chi connectivity index (χ4v) is 5.28. The number of aromatic carboxylic acids is 2. The normalized spacial score (nSPS) is 11.4. The third-order valence-electron chi connectivity index (χ3n) is 5.62. The summed E-state index contributed by atoms with van der Waals surface area (Å²) in [7, 11) is 0. The maximum Gasteiger partial charge on any atom is 0.345 e. The molecule has 0 amide bonds. The third kappa shape index (κ3) is 6.40. The Labute approximate surface area is 232 Å². The molecule has 2 N–H and O–H groups in total. The maximum atomic E-state index is 11.1. The molecule has 0 radical (unpaired) electrons. The van der Waals surface area contributed by atoms with Crippen LogP contribution in [0.25, 0.3) is 47.1 Å². The van der Waals surface area contributed by atoms with Gasteiger partial charge in [-0.3, -0.25) is 9.97 Å². The summed E-state index contributed by atoms with van der Waals surface area (Å²) in [6, 6.07) is 18.3. The van der Waals surface area contributed by atoms with Crippen molar-refractivity contribution < 1.29 is 19.8 Å². The number of aromatic nitrogens is 3. The first-order valence-corrected chi connectivity index (χ1v) is 13.4. The summed E-state index contributed by atoms with van der Waals surface area (Å²) in [4.78, 5) is 38.4. The van der Waals surface area contributed by atoms with E-state index in [1.54, 1.807) is 36.7 Å². The van der Waals surface area contributed by atoms with Crippen LogP contribution in [0.5, 0.6) is 0 Å². The smallest absolute Gasteiger partial charge is 0.345 e. The van der Waals surface area contributed by atoms with Gasteiger partial charge in [-0.25, -0.2) is 14.6 Å². The van der Waals surface area contributed by atoms with Crippen LogP contribution in [-0.4, -0.2) is 37.1 Å². The Hall–Kier alpha value is -4.73. The molecule has 0 aliphatic heterocycles. The van der Waals surface area contributed by atoms with Crippen LogP contribution in [-0.2, 0) is 0 Å². The van der Waals surface area contributed by atoms with Crippen molar-refractivity contribution in [2.24, 2.45) is 0 Å². The van der Waals surface area contributed by atoms with Crippen LogP contribution in [0.4, 0.5) is 0 Å². The van der Waals surface area contributed by atoms with Crippen LogP contribution >= 0.6 is 22.7 Å². The van der Waals surface area contributed by atoms with Crippen LogP contribution < -0.4 is 0 Å². The second-order valence-electron chi connectivity index (χ2n) is 8.54. The lowest BCUT2D eigenvalue weighted by Crippen LogP contribution is -1.94. The Bertz CT molecular complexity index is 1630. The van der Waals surface area contributed by atoms with Crippen molar-refractivity contribution in [3.8, 4) is 22.8 Å². The molecule has 5 aromatic rings. The molecule has 5 heterocycles. The summed E-state index contributed by atoms with van der Waals surface area (Å²) in [5.41, 5.74) is 5.70. The number of carbonyl (C=O) groups is 2. The summed E-state index contributed by atoms with van der Waals surface area (Å²) in [5, 5.41) is 18.3. The van der Waals surface area contributed by atoms with E-state index in [4.69, 9.17) is 15.2 Å². The minimum atomic E-state index is -0.930. The monoisotopic (exact) mass is 551 g/mol. The Morgan fingerprint density at radius 3 is 1.51 bits per heavy atom. The highest BCUT2D eigenvalue weighted by atomic mass is 32.1. The summed E-state index contributed by atoms with van der Waals surface area (Å²) in [6.45, 7) is 2.00. The largest absolute Gasteiger partial charge is 0.477 e. The number of carboxylic acid groups (broad SMARTS) is 2. The first kappa shape index (κ1) is 25.9. The molecule has 0 aromatic carbocycles. The van der Waals surface area contributed by atoms with E-state index in [1.165, 1.54) is 22.7 Å². The molecule has 7 nitrogen and oxygen atoms in total. The fraction of sp³-hybridized carbons (Fsp3) is 0.0333. The standard InChI is InChI=1S/C30H21N3O4S2/c1-18-14-25(23-16-19(10-12-31-23)2-4-21-6-8-27(38-21)29(34)35)33-26(15-18)24-17-20(11-13-32-24)3-5-22-7-9-28(39-22)30(36)37/h2-17H,1H3,(H,34,35)(H,36,37). The zero-order valence-electron chi connectivity index (χ0n) is 20.6. The van der Waals surface area contributed by atoms with Gasteiger partial charge in [0.1, 0.15) is 9.75 Å². The van der Waals surface area contributed by atoms with Crippen LogP contribution in [0, 0.1) is 6.92 Å². The van der Waals surface area contributed by atoms with E-state index >= 15 is 0 Å². The van der Waals surface area contributed by atoms with E-state index in [-0.39, 0.29) is 0 Å². The van der Waals surface area contributed by atoms with Gasteiger partial charge in [0.25, 0.3) is 0 Å². The first-order chi connectivity index (χ1) is 18.8. The molecule has 5 aromatic heterocycles. The molecule has 39 heavy (non-hydrogen) atoms. The zero-order chi connectivity index (χ0) is 27.4. The van der Waals surface area contributed by atoms with Gasteiger partial charge in [-0.1, -0.05) is 12.2 Å². The second kappa shape index (κ2) is 11.3. The maximum absolute atomic E-state index is 11.1. The number of nitrogens with zero attached hydrogens (tertiary/aromatic N) is 3. The van der Waals surface area contributed by atoms with Gasteiger partial charge < -0.3 is 10.2 Å². The lowest BCUT2D eigenvalue weighted by Gasteiger charge is -2.08. The van der Waals surface area contributed by atoms with Crippen molar-refractivity contribution in [1.29, 1.82) is 0 Å². The molecule has 5 rings (SSSR count). The predicted molar refractivity (Wildman–Crippen MR) is 156 cm³/mol. The quantitative estimate of drug-likeness (QED) is 0.207. The highest BCUT2D eigenvalue weighted by molar-refractivity contribution is 7.15. The number of pyridine rings is 3. The van der Waals surface area contributed by atoms with E-state index in [2.05, 4.69) is 9.97 Å². The van der Waals surface area contributed by atoms with E-state index < -0.39 is 11.9 Å². The third-order valence-corrected chi connectivity index (χ3v) is 7.69. The molecule has 0 saturated carbocycles. The highest BCUT2D eigenvalue weighted by Gasteiger charge is 2.10. The van der Waals surface area contributed by atoms with Gasteiger partial charge >= 0.3 is 11.9 Å². The first-order valence-electron chi connectivity index (χ1n) is 11.8. The topological polar surface area (TPSA) is 113 Å². The lowest BCUT2D eigenvalue weighted by atomic mass is 10.1. The van der Waals surface area contributed by atoms with Gasteiger partial charge in [0, 0.05) is 22.1 Å². The molecular formula is C30H21N3O4S2. The van der Waals surface area contributed by atoms with Crippen LogP contribution in [0.15, 0.2) is 73.1 Å². The molecule has 0 saturated heterocycles. The Morgan fingerprint density at radius 1 is 0.641 bits per heavy atom. The zero-order valence-corrected chi connectivity index (χ0v) is 22.2. The molecule has 9 heteroatoms. The van der Waals surface area contributed by atoms with Gasteiger partial charge in [0.2, 0.25) is 0 Å². The van der Waals surface area contributed by atoms with E-state index in [0.29, 0.717) is 32.5 Å². The van der Waals surface area contributed by atoms with E-state index in [1.807, 2.05) is 67.6 Å². The van der Waals surface area contributed by atoms with Crippen molar-refractivity contribution in [2.75, 3.05) is 0 Å². The lowest BCUT2D eigenvalue weighted by molar-refractivity contribution is 0.0691. The Balaban J connectivity index is 1.39. The molecule has 192 valence electrons. The van der Waals surface area contributed by atoms with Crippen molar-refractivity contribution in [2.45, 2.75) is 6.92 Å². The molecular weight excluding hydrogens is 530 g/mol. The second-order valence-corrected chi connectivity index (χ2v) is 10.8. The van der Waals surface area contributed by atoms with Gasteiger partial charge in [0.15, 0.2) is 0 Å². The number of carboxylic acids is 2. The predicted octanol–water partition coefficient (Wildman–Crippen LogP) is 7.37. The molecule has 0 fully saturated rings. The summed E-state index contributed by atoms with van der Waals surface area (Å²) >= 11 is 2.44. The summed E-state index contributed by atoms with van der Waals surface area (Å²) in [5.74, 6) is -1.86. The van der Waals surface area contributed by atoms with Crippen LogP contribution in [0.1, 0.15) is 45.8 Å². The fourth-order valence-electron chi connectivity index (χ4n) is 3.78. The molecule has 0 spiro atoms. The number of aryl methyl sites for hydroxylation is 1. The average molecular weight is 552 g/mol. The van der Waals surface area contributed by atoms with E-state index in [9.17, 15) is 9.59 Å². The number of hydrogen-bond donors (Lipinski definition) is 2. The van der Waals surface area contributed by atoms with Crippen molar-refractivity contribution in [1.82, 2.24) is 15.0 Å². The molecule has 0 unspecified atom stereocenters. The van der Waals surface area contributed by atoms with Crippen molar-refractivity contribution in [3.63, 3.8) is 0 Å². The van der Waals surface area contributed by atoms with Crippen LogP contribution in [0.3, 0.4) is 0 Å². The molecule has 0 aliphatic carbocycles. The number of hydrogen-bond acceptors (Lipinski definition) is 7. The van der Waals surface area contributed by atoms with Crippen molar-refractivity contribution >= 4 is 58.9 Å². The SMILES string of the molecule is Cc1cc(-c2cc(C=Cc3ccc(C(=O)O)s3)ccn2)nc(-c2cc(C=Cc3ccc(C(=O)O)s3)ccn2)c1. The highest BCUT2D eigenvalue weighted by Crippen LogP contribution is 2.26. The van der Waals surface area contributed by atoms with Gasteiger partial charge in [-0.2, -0.15) is 0 Å². The Kier molecular flexibility index (Phi) is 7.53. The minimum absolute atomic E-state index is 0.300. The Morgan fingerprint density at radius 2 is 1.10 bits per heavy atom. The minimum Gasteiger partial charge on any atom is -0.477 e. The molecule has 0 bridgehead atoms. The number of rotatable bonds is 8. The molecule has 0 aliphatic rings. The van der Waals surface area contributed by atoms with E-state index in [0.717, 1.165) is 26.4 Å². The molecule has 0 atom stereocenters. The van der Waals surface area contributed by atoms with Gasteiger partial charge in [-0.15, -0.1) is 22.7 Å². The van der Waals surface area contributed by atoms with Crippen molar-refractivity contribution in [3.05, 3.63) is 109 Å². The van der Waals surface area contributed by atoms with Crippen LogP contribution in [0.2, 0.25) is 0 Å². The summed E-state index contributed by atoms with van der Waals surface area (Å²) < 4.78 is 0. The number of thiophene rings is 2.